The molecule has 53 heavy (non-hydrogen) atoms. The Morgan fingerprint density at radius 3 is 2.21 bits per heavy atom. The number of amides is 3. The Kier molecular flexibility index (Phi) is 11.1. The molecule has 2 aliphatic rings. The molecule has 12 heteroatoms. The average Bonchev–Trinajstić information content (AvgIpc) is 3.58. The van der Waals surface area contributed by atoms with Gasteiger partial charge in [-0.2, -0.15) is 0 Å². The smallest absolute Gasteiger partial charge is 0.264 e. The highest BCUT2D eigenvalue weighted by atomic mass is 28.4. The summed E-state index contributed by atoms with van der Waals surface area (Å²) in [6, 6.07) is 29.2. The van der Waals surface area contributed by atoms with Crippen LogP contribution in [0.25, 0.3) is 0 Å². The van der Waals surface area contributed by atoms with Crippen LogP contribution in [0.3, 0.4) is 0 Å². The van der Waals surface area contributed by atoms with Gasteiger partial charge in [0.1, 0.15) is 11.5 Å². The lowest BCUT2D eigenvalue weighted by molar-refractivity contribution is -0.150. The topological polar surface area (TPSA) is 138 Å². The minimum absolute atomic E-state index is 0.0587. The number of carbonyl (C=O) groups is 3. The maximum absolute atomic E-state index is 14.9. The number of nitrogens with one attached hydrogen (secondary N) is 1. The Labute approximate surface area is 311 Å². The Morgan fingerprint density at radius 2 is 1.58 bits per heavy atom. The van der Waals surface area contributed by atoms with Crippen molar-refractivity contribution in [1.82, 2.24) is 4.90 Å². The predicted octanol–water partition coefficient (Wildman–Crippen LogP) is 5.71. The SMILES string of the molecule is COc1ccc(C(=O)Nc2ccc(CN3C(=O)[C@@]4(O[C@@H](CC(=O)N(CCO)Cc5ccccc5)[C@H]([Si](C)(C)O)[C@H]4C)c4cc(OC)ccc43)cc2)cc1. The van der Waals surface area contributed by atoms with Crippen LogP contribution in [0.15, 0.2) is 97.1 Å². The van der Waals surface area contributed by atoms with Gasteiger partial charge in [0, 0.05) is 41.4 Å². The number of hydrogen-bond donors (Lipinski definition) is 3. The predicted molar refractivity (Wildman–Crippen MR) is 204 cm³/mol. The summed E-state index contributed by atoms with van der Waals surface area (Å²) in [7, 11) is 0.0871. The first-order valence-corrected chi connectivity index (χ1v) is 20.8. The molecule has 2 aliphatic heterocycles. The summed E-state index contributed by atoms with van der Waals surface area (Å²) in [5.41, 5.74) is 2.20. The van der Waals surface area contributed by atoms with Crippen LogP contribution in [0.2, 0.25) is 18.6 Å². The lowest BCUT2D eigenvalue weighted by atomic mass is 9.82. The number of fused-ring (bicyclic) bond motifs is 2. The molecule has 1 spiro atoms. The van der Waals surface area contributed by atoms with Gasteiger partial charge in [0.2, 0.25) is 5.91 Å². The molecule has 2 heterocycles. The van der Waals surface area contributed by atoms with E-state index in [1.165, 1.54) is 0 Å². The molecule has 0 bridgehead atoms. The van der Waals surface area contributed by atoms with Crippen molar-refractivity contribution in [2.24, 2.45) is 5.92 Å². The van der Waals surface area contributed by atoms with Crippen LogP contribution >= 0.6 is 0 Å². The van der Waals surface area contributed by atoms with Gasteiger partial charge in [0.15, 0.2) is 13.9 Å². The molecular weight excluding hydrogens is 691 g/mol. The highest BCUT2D eigenvalue weighted by Gasteiger charge is 2.66. The van der Waals surface area contributed by atoms with Crippen molar-refractivity contribution in [3.05, 3.63) is 119 Å². The Morgan fingerprint density at radius 1 is 0.925 bits per heavy atom. The number of nitrogens with zero attached hydrogens (tertiary/aromatic N) is 2. The zero-order valence-corrected chi connectivity index (χ0v) is 31.7. The third-order valence-corrected chi connectivity index (χ3v) is 12.9. The van der Waals surface area contributed by atoms with Crippen LogP contribution < -0.4 is 19.7 Å². The molecule has 0 unspecified atom stereocenters. The summed E-state index contributed by atoms with van der Waals surface area (Å²) in [5, 5.41) is 12.7. The van der Waals surface area contributed by atoms with E-state index in [9.17, 15) is 24.3 Å². The second kappa shape index (κ2) is 15.5. The second-order valence-electron chi connectivity index (χ2n) is 14.2. The number of carbonyl (C=O) groups excluding carboxylic acids is 3. The molecule has 4 aromatic rings. The van der Waals surface area contributed by atoms with Crippen molar-refractivity contribution >= 4 is 37.4 Å². The number of aliphatic hydroxyl groups excluding tert-OH is 1. The number of hydrogen-bond acceptors (Lipinski definition) is 8. The van der Waals surface area contributed by atoms with Gasteiger partial charge in [-0.05, 0) is 78.8 Å². The molecule has 0 radical (unpaired) electrons. The molecule has 0 aromatic heterocycles. The second-order valence-corrected chi connectivity index (χ2v) is 18.2. The first-order chi connectivity index (χ1) is 25.4. The molecule has 4 aromatic carbocycles. The fourth-order valence-electron chi connectivity index (χ4n) is 7.88. The zero-order valence-electron chi connectivity index (χ0n) is 30.7. The van der Waals surface area contributed by atoms with Crippen LogP contribution in [-0.2, 0) is 33.0 Å². The van der Waals surface area contributed by atoms with E-state index in [2.05, 4.69) is 5.32 Å². The number of anilines is 2. The lowest BCUT2D eigenvalue weighted by Crippen LogP contribution is -2.46. The van der Waals surface area contributed by atoms with Crippen LogP contribution in [0.5, 0.6) is 11.5 Å². The van der Waals surface area contributed by atoms with E-state index in [-0.39, 0.29) is 43.8 Å². The molecule has 6 rings (SSSR count). The van der Waals surface area contributed by atoms with Gasteiger partial charge in [-0.3, -0.25) is 14.4 Å². The van der Waals surface area contributed by atoms with Crippen LogP contribution in [0.4, 0.5) is 11.4 Å². The van der Waals surface area contributed by atoms with Crippen LogP contribution in [0.1, 0.15) is 40.4 Å². The zero-order chi connectivity index (χ0) is 37.9. The van der Waals surface area contributed by atoms with Gasteiger partial charge in [-0.1, -0.05) is 49.4 Å². The Balaban J connectivity index is 1.27. The van der Waals surface area contributed by atoms with Gasteiger partial charge in [-0.25, -0.2) is 0 Å². The summed E-state index contributed by atoms with van der Waals surface area (Å²) >= 11 is 0. The van der Waals surface area contributed by atoms with Crippen molar-refractivity contribution < 1.29 is 38.5 Å². The molecule has 278 valence electrons. The molecule has 3 amide bonds. The number of ether oxygens (including phenoxy) is 3. The molecule has 0 saturated carbocycles. The standard InChI is InChI=1S/C41H47N3O8Si/c1-27-38(53(4,5)49)36(24-37(46)43(21-22-45)25-28-9-7-6-8-10-28)52-41(27)34-23-33(51-3)19-20-35(34)44(40(41)48)26-29-11-15-31(16-12-29)42-39(47)30-13-17-32(50-2)18-14-30/h6-20,23,27,36,38,45,49H,21-22,24-26H2,1-5H3,(H,42,47)/t27-,36+,38-,41+/m1/s1. The van der Waals surface area contributed by atoms with Crippen LogP contribution in [-0.4, -0.2) is 74.3 Å². The maximum Gasteiger partial charge on any atom is 0.264 e. The van der Waals surface area contributed by atoms with E-state index in [1.807, 2.05) is 74.6 Å². The Hall–Kier alpha value is -5.01. The first-order valence-electron chi connectivity index (χ1n) is 17.8. The third-order valence-electron chi connectivity index (χ3n) is 10.4. The maximum atomic E-state index is 14.9. The largest absolute Gasteiger partial charge is 0.497 e. The van der Waals surface area contributed by atoms with Crippen molar-refractivity contribution in [2.75, 3.05) is 37.6 Å². The average molecular weight is 738 g/mol. The monoisotopic (exact) mass is 737 g/mol. The van der Waals surface area contributed by atoms with E-state index in [1.54, 1.807) is 66.5 Å². The minimum atomic E-state index is -3.04. The van der Waals surface area contributed by atoms with Crippen molar-refractivity contribution in [3.63, 3.8) is 0 Å². The van der Waals surface area contributed by atoms with Gasteiger partial charge in [0.25, 0.3) is 11.8 Å². The number of methoxy groups -OCH3 is 2. The quantitative estimate of drug-likeness (QED) is 0.149. The van der Waals surface area contributed by atoms with Gasteiger partial charge >= 0.3 is 0 Å². The Bertz CT molecular complexity index is 1930. The van der Waals surface area contributed by atoms with Crippen LogP contribution in [0, 0.1) is 5.92 Å². The summed E-state index contributed by atoms with van der Waals surface area (Å²) in [4.78, 5) is 56.7. The number of benzene rings is 4. The fourth-order valence-corrected chi connectivity index (χ4v) is 10.4. The van der Waals surface area contributed by atoms with E-state index in [0.29, 0.717) is 40.5 Å². The first kappa shape index (κ1) is 37.7. The van der Waals surface area contributed by atoms with Gasteiger partial charge < -0.3 is 39.2 Å². The highest BCUT2D eigenvalue weighted by Crippen LogP contribution is 2.60. The molecular formula is C41H47N3O8Si. The molecule has 3 N–H and O–H groups in total. The number of aliphatic hydroxyl groups is 1. The van der Waals surface area contributed by atoms with Crippen molar-refractivity contribution in [3.8, 4) is 11.5 Å². The number of rotatable bonds is 13. The summed E-state index contributed by atoms with van der Waals surface area (Å²) in [5.74, 6) is -0.0328. The van der Waals surface area contributed by atoms with E-state index < -0.39 is 31.5 Å². The molecule has 1 saturated heterocycles. The molecule has 11 nitrogen and oxygen atoms in total. The summed E-state index contributed by atoms with van der Waals surface area (Å²) < 4.78 is 17.7. The molecule has 4 atom stereocenters. The van der Waals surface area contributed by atoms with Crippen molar-refractivity contribution in [1.29, 1.82) is 0 Å². The van der Waals surface area contributed by atoms with E-state index in [0.717, 1.165) is 11.1 Å². The fraction of sp³-hybridized carbons (Fsp3) is 0.341. The summed E-state index contributed by atoms with van der Waals surface area (Å²) in [6.45, 7) is 6.05. The van der Waals surface area contributed by atoms with E-state index >= 15 is 0 Å². The molecule has 0 aliphatic carbocycles. The summed E-state index contributed by atoms with van der Waals surface area (Å²) in [6.07, 6.45) is -0.811. The third kappa shape index (κ3) is 7.58. The normalized spacial score (nSPS) is 20.7. The van der Waals surface area contributed by atoms with Gasteiger partial charge in [-0.15, -0.1) is 0 Å². The van der Waals surface area contributed by atoms with Gasteiger partial charge in [0.05, 0.1) is 45.6 Å². The molecule has 1 fully saturated rings. The van der Waals surface area contributed by atoms with Crippen molar-refractivity contribution in [2.45, 2.75) is 56.8 Å². The minimum Gasteiger partial charge on any atom is -0.497 e. The lowest BCUT2D eigenvalue weighted by Gasteiger charge is -2.32. The van der Waals surface area contributed by atoms with E-state index in [4.69, 9.17) is 14.2 Å². The highest BCUT2D eigenvalue weighted by molar-refractivity contribution is 6.71.